The van der Waals surface area contributed by atoms with Crippen LogP contribution in [0.25, 0.3) is 4.85 Å². The van der Waals surface area contributed by atoms with Gasteiger partial charge in [0, 0.05) is 11.5 Å². The molecule has 2 N–H and O–H groups in total. The molecule has 0 aromatic rings. The highest BCUT2D eigenvalue weighted by atomic mass is 35.5. The van der Waals surface area contributed by atoms with Gasteiger partial charge in [-0.15, -0.1) is 11.6 Å². The van der Waals surface area contributed by atoms with Crippen molar-refractivity contribution in [1.29, 1.82) is 0 Å². The fourth-order valence-electron chi connectivity index (χ4n) is 6.49. The van der Waals surface area contributed by atoms with E-state index < -0.39 is 22.8 Å². The maximum Gasteiger partial charge on any atom is 0.255 e. The van der Waals surface area contributed by atoms with Crippen LogP contribution in [0, 0.1) is 24.3 Å². The second-order valence-electron chi connectivity index (χ2n) is 10.5. The van der Waals surface area contributed by atoms with Gasteiger partial charge in [0.1, 0.15) is 5.60 Å². The summed E-state index contributed by atoms with van der Waals surface area (Å²) in [7, 11) is 0. The molecule has 3 rings (SSSR count). The normalized spacial score (nSPS) is 50.9. The number of nitrogens with one attached hydrogen (secondary N) is 1. The zero-order valence-electron chi connectivity index (χ0n) is 17.8. The number of amides is 1. The van der Waals surface area contributed by atoms with Crippen molar-refractivity contribution in [1.82, 2.24) is 5.32 Å². The second kappa shape index (κ2) is 7.15. The Hall–Kier alpha value is -0.830. The number of hydrogen-bond acceptors (Lipinski definition) is 3. The summed E-state index contributed by atoms with van der Waals surface area (Å²) >= 11 is 6.54. The van der Waals surface area contributed by atoms with Crippen molar-refractivity contribution in [2.24, 2.45) is 17.8 Å². The summed E-state index contributed by atoms with van der Waals surface area (Å²) in [6.45, 7) is 18.0. The molecule has 3 aliphatic rings. The Kier molecular flexibility index (Phi) is 5.58. The maximum absolute atomic E-state index is 11.3. The lowest BCUT2D eigenvalue weighted by atomic mass is 9.51. The number of alkyl halides is 1. The zero-order valence-corrected chi connectivity index (χ0v) is 18.6. The second-order valence-corrected chi connectivity index (χ2v) is 11.0. The molecular weight excluding hydrogens is 376 g/mol. The first-order valence-corrected chi connectivity index (χ1v) is 11.0. The van der Waals surface area contributed by atoms with Gasteiger partial charge in [0.25, 0.3) is 6.04 Å². The molecular formula is C22H35ClN2O3. The third-order valence-corrected chi connectivity index (χ3v) is 8.89. The van der Waals surface area contributed by atoms with Crippen LogP contribution in [0.3, 0.4) is 0 Å². The molecule has 0 aromatic carbocycles. The van der Waals surface area contributed by atoms with Crippen LogP contribution < -0.4 is 5.32 Å². The van der Waals surface area contributed by atoms with Crippen LogP contribution in [0.1, 0.15) is 73.1 Å². The smallest absolute Gasteiger partial charge is 0.255 e. The summed E-state index contributed by atoms with van der Waals surface area (Å²) in [5.41, 5.74) is -2.19. The number of carbonyl (C=O) groups excluding carboxylic acids is 1. The molecule has 0 bridgehead atoms. The molecule has 2 aliphatic carbocycles. The molecule has 2 saturated carbocycles. The van der Waals surface area contributed by atoms with E-state index in [0.717, 1.165) is 38.5 Å². The third kappa shape index (κ3) is 3.46. The Morgan fingerprint density at radius 3 is 2.32 bits per heavy atom. The molecule has 3 fully saturated rings. The van der Waals surface area contributed by atoms with Gasteiger partial charge in [0.05, 0.1) is 16.6 Å². The standard InChI is InChI=1S/C22H35ClN2O3/c1-19(2)16(23)9-12-22(5,28-19)15-7-10-20(3,25-13-26)14-8-11-21(4,27)18(24-6)17(14)15/h13-18,27H,7-12H2,1-5H3,(H,25,26)/t14-,15-,16-,17-,18+,20-,21+,22+/m0/s1. The van der Waals surface area contributed by atoms with Crippen molar-refractivity contribution in [3.63, 3.8) is 0 Å². The van der Waals surface area contributed by atoms with Crippen LogP contribution in [-0.4, -0.2) is 45.3 Å². The molecule has 5 nitrogen and oxygen atoms in total. The minimum Gasteiger partial charge on any atom is -0.382 e. The molecule has 1 heterocycles. The number of halogens is 1. The number of hydrogen-bond donors (Lipinski definition) is 2. The minimum absolute atomic E-state index is 0.0277. The van der Waals surface area contributed by atoms with Crippen molar-refractivity contribution in [2.45, 2.75) is 107 Å². The monoisotopic (exact) mass is 410 g/mol. The van der Waals surface area contributed by atoms with Crippen molar-refractivity contribution < 1.29 is 14.6 Å². The number of aliphatic hydroxyl groups is 1. The lowest BCUT2D eigenvalue weighted by molar-refractivity contribution is -0.219. The Bertz CT molecular complexity index is 661. The quantitative estimate of drug-likeness (QED) is 0.421. The van der Waals surface area contributed by atoms with Crippen LogP contribution >= 0.6 is 11.6 Å². The van der Waals surface area contributed by atoms with Crippen LogP contribution in [-0.2, 0) is 9.53 Å². The van der Waals surface area contributed by atoms with E-state index in [-0.39, 0.29) is 28.7 Å². The molecule has 6 heteroatoms. The molecule has 0 radical (unpaired) electrons. The Labute approximate surface area is 174 Å². The van der Waals surface area contributed by atoms with Crippen molar-refractivity contribution in [2.75, 3.05) is 0 Å². The molecule has 0 aromatic heterocycles. The van der Waals surface area contributed by atoms with Gasteiger partial charge >= 0.3 is 0 Å². The number of carbonyl (C=O) groups is 1. The largest absolute Gasteiger partial charge is 0.382 e. The fourth-order valence-corrected chi connectivity index (χ4v) is 6.64. The molecule has 0 unspecified atom stereocenters. The molecule has 1 saturated heterocycles. The molecule has 158 valence electrons. The highest BCUT2D eigenvalue weighted by molar-refractivity contribution is 6.21. The minimum atomic E-state index is -1.02. The van der Waals surface area contributed by atoms with Crippen molar-refractivity contribution in [3.05, 3.63) is 11.4 Å². The molecule has 28 heavy (non-hydrogen) atoms. The zero-order chi connectivity index (χ0) is 21.0. The van der Waals surface area contributed by atoms with Crippen molar-refractivity contribution in [3.8, 4) is 0 Å². The summed E-state index contributed by atoms with van der Waals surface area (Å²) in [5, 5.41) is 14.1. The Morgan fingerprint density at radius 1 is 1.11 bits per heavy atom. The van der Waals surface area contributed by atoms with E-state index in [0.29, 0.717) is 6.42 Å². The fraction of sp³-hybridized carbons (Fsp3) is 0.909. The van der Waals surface area contributed by atoms with Crippen LogP contribution in [0.15, 0.2) is 0 Å². The summed E-state index contributed by atoms with van der Waals surface area (Å²) in [5.74, 6) is 0.265. The maximum atomic E-state index is 11.3. The van der Waals surface area contributed by atoms with E-state index in [1.807, 2.05) is 13.8 Å². The van der Waals surface area contributed by atoms with Crippen LogP contribution in [0.5, 0.6) is 0 Å². The first-order chi connectivity index (χ1) is 12.9. The van der Waals surface area contributed by atoms with Gasteiger partial charge in [-0.3, -0.25) is 4.79 Å². The van der Waals surface area contributed by atoms with E-state index in [9.17, 15) is 9.90 Å². The van der Waals surface area contributed by atoms with E-state index in [1.54, 1.807) is 6.92 Å². The van der Waals surface area contributed by atoms with E-state index in [4.69, 9.17) is 22.9 Å². The number of rotatable bonds is 3. The third-order valence-electron chi connectivity index (χ3n) is 8.14. The highest BCUT2D eigenvalue weighted by Crippen LogP contribution is 2.57. The highest BCUT2D eigenvalue weighted by Gasteiger charge is 2.63. The summed E-state index contributed by atoms with van der Waals surface area (Å²) in [6.07, 6.45) is 5.61. The lowest BCUT2D eigenvalue weighted by Gasteiger charge is -2.59. The van der Waals surface area contributed by atoms with Crippen LogP contribution in [0.2, 0.25) is 0 Å². The molecule has 0 spiro atoms. The topological polar surface area (TPSA) is 62.9 Å². The SMILES string of the molecule is [C-]#[N+][C@@H]1[C@@H]2[C@@H]([C@@]3(C)CC[C@H](Cl)C(C)(C)O3)CC[C@](C)(NC=O)[C@H]2CC[C@@]1(C)O. The molecule has 1 aliphatic heterocycles. The van der Waals surface area contributed by atoms with E-state index in [2.05, 4.69) is 24.0 Å². The first-order valence-electron chi connectivity index (χ1n) is 10.5. The average molecular weight is 411 g/mol. The lowest BCUT2D eigenvalue weighted by Crippen LogP contribution is -2.67. The van der Waals surface area contributed by atoms with Gasteiger partial charge in [0.2, 0.25) is 6.41 Å². The average Bonchev–Trinajstić information content (AvgIpc) is 2.57. The molecule has 1 amide bonds. The predicted octanol–water partition coefficient (Wildman–Crippen LogP) is 3.92. The van der Waals surface area contributed by atoms with Gasteiger partial charge in [-0.2, -0.15) is 0 Å². The number of ether oxygens (including phenoxy) is 1. The number of nitrogens with zero attached hydrogens (tertiary/aromatic N) is 1. The Balaban J connectivity index is 2.02. The van der Waals surface area contributed by atoms with Gasteiger partial charge < -0.3 is 20.0 Å². The summed E-state index contributed by atoms with van der Waals surface area (Å²) in [6, 6.07) is -0.499. The van der Waals surface area contributed by atoms with Gasteiger partial charge in [-0.25, -0.2) is 6.57 Å². The summed E-state index contributed by atoms with van der Waals surface area (Å²) < 4.78 is 6.64. The van der Waals surface area contributed by atoms with E-state index in [1.165, 1.54) is 0 Å². The van der Waals surface area contributed by atoms with Gasteiger partial charge in [0.15, 0.2) is 0 Å². The predicted molar refractivity (Wildman–Crippen MR) is 110 cm³/mol. The van der Waals surface area contributed by atoms with Crippen molar-refractivity contribution >= 4 is 18.0 Å². The van der Waals surface area contributed by atoms with Gasteiger partial charge in [-0.1, -0.05) is 0 Å². The van der Waals surface area contributed by atoms with Gasteiger partial charge in [-0.05, 0) is 85.0 Å². The molecule has 8 atom stereocenters. The Morgan fingerprint density at radius 2 is 1.75 bits per heavy atom. The first kappa shape index (κ1) is 21.9. The van der Waals surface area contributed by atoms with Crippen LogP contribution in [0.4, 0.5) is 0 Å². The summed E-state index contributed by atoms with van der Waals surface area (Å²) in [4.78, 5) is 15.3. The van der Waals surface area contributed by atoms with E-state index >= 15 is 0 Å². The number of fused-ring (bicyclic) bond motifs is 1.